The Morgan fingerprint density at radius 3 is 2.58 bits per heavy atom. The number of hydrogen-bond acceptors (Lipinski definition) is 5. The van der Waals surface area contributed by atoms with Crippen molar-refractivity contribution >= 4 is 17.7 Å². The lowest BCUT2D eigenvalue weighted by molar-refractivity contribution is -0.139. The van der Waals surface area contributed by atoms with Gasteiger partial charge in [0.05, 0.1) is 35.4 Å². The highest BCUT2D eigenvalue weighted by Gasteiger charge is 2.38. The van der Waals surface area contributed by atoms with Crippen LogP contribution in [0.4, 0.5) is 13.2 Å². The number of halogens is 3. The van der Waals surface area contributed by atoms with Gasteiger partial charge in [0.2, 0.25) is 0 Å². The number of carbonyl (C=O) groups excluding carboxylic acids is 3. The Kier molecular flexibility index (Phi) is 6.22. The van der Waals surface area contributed by atoms with Gasteiger partial charge in [-0.2, -0.15) is 13.2 Å². The number of amides is 3. The fraction of sp³-hybridized carbons (Fsp3) is 0.348. The molecular weight excluding hydrogens is 441 g/mol. The molecule has 7 nitrogen and oxygen atoms in total. The lowest BCUT2D eigenvalue weighted by Crippen LogP contribution is -2.36. The fourth-order valence-corrected chi connectivity index (χ4v) is 4.04. The molecule has 2 aliphatic rings. The van der Waals surface area contributed by atoms with Crippen LogP contribution in [0.2, 0.25) is 0 Å². The molecule has 2 aromatic rings. The lowest BCUT2D eigenvalue weighted by atomic mass is 10.0. The molecule has 0 radical (unpaired) electrons. The highest BCUT2D eigenvalue weighted by atomic mass is 19.4. The Bertz CT molecular complexity index is 1100. The molecule has 0 spiro atoms. The van der Waals surface area contributed by atoms with Gasteiger partial charge in [0.1, 0.15) is 0 Å². The third-order valence-corrected chi connectivity index (χ3v) is 5.72. The molecule has 2 heterocycles. The SMILES string of the molecule is O=C(NCC(O)c1ccccc1C(F)(F)F)c1ccc2c(c1)C(=O)N(CC1CCCO1)C2=O. The Morgan fingerprint density at radius 2 is 1.88 bits per heavy atom. The third kappa shape index (κ3) is 4.62. The van der Waals surface area contributed by atoms with E-state index < -0.39 is 42.1 Å². The van der Waals surface area contributed by atoms with Gasteiger partial charge in [-0.1, -0.05) is 18.2 Å². The first-order valence-corrected chi connectivity index (χ1v) is 10.4. The van der Waals surface area contributed by atoms with Gasteiger partial charge in [-0.25, -0.2) is 0 Å². The Morgan fingerprint density at radius 1 is 1.15 bits per heavy atom. The van der Waals surface area contributed by atoms with Crippen LogP contribution in [-0.4, -0.2) is 53.5 Å². The van der Waals surface area contributed by atoms with Crippen molar-refractivity contribution in [3.63, 3.8) is 0 Å². The molecule has 0 aromatic heterocycles. The molecule has 0 saturated carbocycles. The Balaban J connectivity index is 1.44. The van der Waals surface area contributed by atoms with Crippen LogP contribution in [0.1, 0.15) is 61.1 Å². The summed E-state index contributed by atoms with van der Waals surface area (Å²) in [5, 5.41) is 12.6. The van der Waals surface area contributed by atoms with Crippen LogP contribution in [0.15, 0.2) is 42.5 Å². The van der Waals surface area contributed by atoms with Gasteiger partial charge >= 0.3 is 6.18 Å². The fourth-order valence-electron chi connectivity index (χ4n) is 4.04. The van der Waals surface area contributed by atoms with Crippen LogP contribution in [0, 0.1) is 0 Å². The van der Waals surface area contributed by atoms with Crippen molar-refractivity contribution in [3.8, 4) is 0 Å². The van der Waals surface area contributed by atoms with E-state index in [2.05, 4.69) is 5.32 Å². The molecule has 2 N–H and O–H groups in total. The quantitative estimate of drug-likeness (QED) is 0.644. The van der Waals surface area contributed by atoms with Crippen molar-refractivity contribution in [2.45, 2.75) is 31.2 Å². The van der Waals surface area contributed by atoms with Crippen LogP contribution < -0.4 is 5.32 Å². The molecule has 4 rings (SSSR count). The topological polar surface area (TPSA) is 95.9 Å². The van der Waals surface area contributed by atoms with E-state index in [9.17, 15) is 32.7 Å². The van der Waals surface area contributed by atoms with E-state index in [0.29, 0.717) is 6.61 Å². The number of carbonyl (C=O) groups is 3. The number of rotatable bonds is 6. The molecular formula is C23H21F3N2O5. The third-order valence-electron chi connectivity index (χ3n) is 5.72. The minimum absolute atomic E-state index is 0.0465. The second kappa shape index (κ2) is 8.95. The standard InChI is InChI=1S/C23H21F3N2O5/c24-23(25,26)18-6-2-1-5-16(18)19(29)11-27-20(30)13-7-8-15-17(10-13)22(32)28(21(15)31)12-14-4-3-9-33-14/h1-2,5-8,10,14,19,29H,3-4,9,11-12H2,(H,27,30). The van der Waals surface area contributed by atoms with Gasteiger partial charge in [-0.15, -0.1) is 0 Å². The number of alkyl halides is 3. The number of ether oxygens (including phenoxy) is 1. The van der Waals surface area contributed by atoms with Crippen molar-refractivity contribution in [1.82, 2.24) is 10.2 Å². The largest absolute Gasteiger partial charge is 0.416 e. The predicted molar refractivity (Wildman–Crippen MR) is 110 cm³/mol. The number of nitrogens with one attached hydrogen (secondary N) is 1. The minimum Gasteiger partial charge on any atom is -0.387 e. The first-order chi connectivity index (χ1) is 15.7. The second-order valence-electron chi connectivity index (χ2n) is 7.93. The molecule has 1 saturated heterocycles. The summed E-state index contributed by atoms with van der Waals surface area (Å²) in [4.78, 5) is 38.9. The van der Waals surface area contributed by atoms with E-state index in [1.807, 2.05) is 0 Å². The summed E-state index contributed by atoms with van der Waals surface area (Å²) in [5.74, 6) is -1.69. The Hall–Kier alpha value is -3.24. The summed E-state index contributed by atoms with van der Waals surface area (Å²) < 4.78 is 45.0. The van der Waals surface area contributed by atoms with E-state index >= 15 is 0 Å². The first kappa shape index (κ1) is 22.9. The molecule has 174 valence electrons. The van der Waals surface area contributed by atoms with Gasteiger partial charge in [0.25, 0.3) is 17.7 Å². The number of fused-ring (bicyclic) bond motifs is 1. The van der Waals surface area contributed by atoms with E-state index in [1.54, 1.807) is 0 Å². The highest BCUT2D eigenvalue weighted by molar-refractivity contribution is 6.22. The van der Waals surface area contributed by atoms with Crippen LogP contribution in [-0.2, 0) is 10.9 Å². The molecule has 2 unspecified atom stereocenters. The van der Waals surface area contributed by atoms with Crippen molar-refractivity contribution in [3.05, 3.63) is 70.3 Å². The zero-order valence-electron chi connectivity index (χ0n) is 17.4. The number of imide groups is 1. The summed E-state index contributed by atoms with van der Waals surface area (Å²) in [6.07, 6.45) is -4.84. The highest BCUT2D eigenvalue weighted by Crippen LogP contribution is 2.34. The van der Waals surface area contributed by atoms with E-state index in [-0.39, 0.29) is 34.9 Å². The van der Waals surface area contributed by atoms with Crippen molar-refractivity contribution in [2.75, 3.05) is 19.7 Å². The summed E-state index contributed by atoms with van der Waals surface area (Å²) in [6.45, 7) is 0.247. The van der Waals surface area contributed by atoms with Crippen LogP contribution >= 0.6 is 0 Å². The number of hydrogen-bond donors (Lipinski definition) is 2. The Labute approximate surface area is 187 Å². The molecule has 10 heteroatoms. The first-order valence-electron chi connectivity index (χ1n) is 10.4. The molecule has 33 heavy (non-hydrogen) atoms. The molecule has 2 aromatic carbocycles. The lowest BCUT2D eigenvalue weighted by Gasteiger charge is -2.18. The number of benzene rings is 2. The van der Waals surface area contributed by atoms with E-state index in [0.717, 1.165) is 29.9 Å². The maximum Gasteiger partial charge on any atom is 0.416 e. The minimum atomic E-state index is -4.65. The number of nitrogens with zero attached hydrogens (tertiary/aromatic N) is 1. The van der Waals surface area contributed by atoms with Crippen molar-refractivity contribution in [1.29, 1.82) is 0 Å². The van der Waals surface area contributed by atoms with Gasteiger partial charge < -0.3 is 15.2 Å². The molecule has 0 aliphatic carbocycles. The zero-order chi connectivity index (χ0) is 23.8. The number of aliphatic hydroxyl groups is 1. The summed E-state index contributed by atoms with van der Waals surface area (Å²) >= 11 is 0. The average Bonchev–Trinajstić information content (AvgIpc) is 3.39. The molecule has 2 aliphatic heterocycles. The number of aliphatic hydroxyl groups excluding tert-OH is 1. The maximum absolute atomic E-state index is 13.2. The van der Waals surface area contributed by atoms with Gasteiger partial charge in [0, 0.05) is 18.7 Å². The summed E-state index contributed by atoms with van der Waals surface area (Å²) in [5.41, 5.74) is -1.04. The van der Waals surface area contributed by atoms with Crippen LogP contribution in [0.3, 0.4) is 0 Å². The molecule has 3 amide bonds. The predicted octanol–water partition coefficient (Wildman–Crippen LogP) is 2.94. The van der Waals surface area contributed by atoms with Crippen molar-refractivity contribution < 1.29 is 37.4 Å². The second-order valence-corrected chi connectivity index (χ2v) is 7.93. The molecule has 2 atom stereocenters. The van der Waals surface area contributed by atoms with Crippen LogP contribution in [0.25, 0.3) is 0 Å². The van der Waals surface area contributed by atoms with Gasteiger partial charge in [-0.3, -0.25) is 19.3 Å². The molecule has 1 fully saturated rings. The van der Waals surface area contributed by atoms with Crippen LogP contribution in [0.5, 0.6) is 0 Å². The monoisotopic (exact) mass is 462 g/mol. The maximum atomic E-state index is 13.2. The normalized spacial score (nSPS) is 19.0. The van der Waals surface area contributed by atoms with Crippen molar-refractivity contribution in [2.24, 2.45) is 0 Å². The van der Waals surface area contributed by atoms with Gasteiger partial charge in [0.15, 0.2) is 0 Å². The summed E-state index contributed by atoms with van der Waals surface area (Å²) in [6, 6.07) is 8.56. The smallest absolute Gasteiger partial charge is 0.387 e. The average molecular weight is 462 g/mol. The zero-order valence-corrected chi connectivity index (χ0v) is 17.4. The van der Waals surface area contributed by atoms with Gasteiger partial charge in [-0.05, 0) is 42.7 Å². The van der Waals surface area contributed by atoms with E-state index in [4.69, 9.17) is 4.74 Å². The summed E-state index contributed by atoms with van der Waals surface area (Å²) in [7, 11) is 0. The van der Waals surface area contributed by atoms with E-state index in [1.165, 1.54) is 30.3 Å². The molecule has 0 bridgehead atoms.